The molecule has 2 amide bonds. The van der Waals surface area contributed by atoms with Gasteiger partial charge in [0.05, 0.1) is 29.3 Å². The maximum atomic E-state index is 13.2. The molecule has 1 aromatic heterocycles. The maximum absolute atomic E-state index is 13.2. The second-order valence-electron chi connectivity index (χ2n) is 8.24. The van der Waals surface area contributed by atoms with Gasteiger partial charge in [-0.1, -0.05) is 18.2 Å². The molecule has 32 heavy (non-hydrogen) atoms. The molecule has 8 heteroatoms. The van der Waals surface area contributed by atoms with Crippen molar-refractivity contribution in [2.75, 3.05) is 20.2 Å². The van der Waals surface area contributed by atoms with Gasteiger partial charge in [-0.05, 0) is 55.2 Å². The van der Waals surface area contributed by atoms with Gasteiger partial charge in [0.25, 0.3) is 5.91 Å². The number of nitrogens with zero attached hydrogens (tertiary/aromatic N) is 2. The van der Waals surface area contributed by atoms with Gasteiger partial charge >= 0.3 is 0 Å². The van der Waals surface area contributed by atoms with Crippen molar-refractivity contribution >= 4 is 34.9 Å². The van der Waals surface area contributed by atoms with Gasteiger partial charge in [-0.25, -0.2) is 4.39 Å². The number of H-pyrrole nitrogens is 1. The maximum Gasteiger partial charge on any atom is 0.255 e. The molecular formula is C24H23FN4O3. The number of halogens is 1. The van der Waals surface area contributed by atoms with Crippen LogP contribution in [0.3, 0.4) is 0 Å². The van der Waals surface area contributed by atoms with Crippen molar-refractivity contribution in [3.05, 3.63) is 59.0 Å². The van der Waals surface area contributed by atoms with Gasteiger partial charge in [0.15, 0.2) is 0 Å². The van der Waals surface area contributed by atoms with Crippen molar-refractivity contribution < 1.29 is 18.7 Å². The van der Waals surface area contributed by atoms with E-state index in [0.29, 0.717) is 35.2 Å². The number of likely N-dealkylation sites (tertiary alicyclic amines) is 1. The Balaban J connectivity index is 1.45. The molecule has 0 radical (unpaired) electrons. The predicted molar refractivity (Wildman–Crippen MR) is 119 cm³/mol. The van der Waals surface area contributed by atoms with E-state index in [4.69, 9.17) is 4.74 Å². The van der Waals surface area contributed by atoms with Gasteiger partial charge in [-0.15, -0.1) is 0 Å². The lowest BCUT2D eigenvalue weighted by molar-refractivity contribution is -0.137. The molecule has 2 aromatic carbocycles. The summed E-state index contributed by atoms with van der Waals surface area (Å²) in [6.45, 7) is 1.51. The van der Waals surface area contributed by atoms with Crippen LogP contribution in [0.25, 0.3) is 23.1 Å². The molecule has 1 aliphatic carbocycles. The van der Waals surface area contributed by atoms with E-state index in [-0.39, 0.29) is 17.6 Å². The Morgan fingerprint density at radius 2 is 1.91 bits per heavy atom. The largest absolute Gasteiger partial charge is 0.495 e. The number of carbonyl (C=O) groups excluding carboxylic acids is 2. The first kappa shape index (κ1) is 20.2. The van der Waals surface area contributed by atoms with Crippen molar-refractivity contribution in [1.29, 1.82) is 0 Å². The summed E-state index contributed by atoms with van der Waals surface area (Å²) in [5.41, 5.74) is 1.68. The lowest BCUT2D eigenvalue weighted by atomic mass is 10.1. The van der Waals surface area contributed by atoms with Crippen LogP contribution in [-0.2, 0) is 4.79 Å². The van der Waals surface area contributed by atoms with Crippen LogP contribution in [0.4, 0.5) is 4.39 Å². The highest BCUT2D eigenvalue weighted by Crippen LogP contribution is 2.40. The van der Waals surface area contributed by atoms with Crippen molar-refractivity contribution in [3.8, 4) is 5.75 Å². The number of amides is 2. The number of rotatable bonds is 6. The van der Waals surface area contributed by atoms with Gasteiger partial charge < -0.3 is 15.0 Å². The fourth-order valence-electron chi connectivity index (χ4n) is 3.99. The monoisotopic (exact) mass is 434 g/mol. The van der Waals surface area contributed by atoms with E-state index in [1.165, 1.54) is 19.2 Å². The first-order chi connectivity index (χ1) is 15.5. The smallest absolute Gasteiger partial charge is 0.255 e. The van der Waals surface area contributed by atoms with E-state index in [0.717, 1.165) is 30.6 Å². The number of methoxy groups -OCH3 is 1. The van der Waals surface area contributed by atoms with Crippen molar-refractivity contribution in [3.63, 3.8) is 0 Å². The van der Waals surface area contributed by atoms with Crippen LogP contribution in [0.2, 0.25) is 0 Å². The molecule has 2 N–H and O–H groups in total. The van der Waals surface area contributed by atoms with E-state index in [9.17, 15) is 14.0 Å². The van der Waals surface area contributed by atoms with Crippen LogP contribution >= 0.6 is 0 Å². The molecule has 0 unspecified atom stereocenters. The number of nitrogens with one attached hydrogen (secondary N) is 2. The van der Waals surface area contributed by atoms with Gasteiger partial charge in [-0.3, -0.25) is 14.7 Å². The van der Waals surface area contributed by atoms with Crippen LogP contribution in [0.15, 0.2) is 36.4 Å². The number of ether oxygens (including phenoxy) is 1. The average Bonchev–Trinajstić information content (AvgIpc) is 3.42. The van der Waals surface area contributed by atoms with E-state index >= 15 is 0 Å². The van der Waals surface area contributed by atoms with Crippen LogP contribution in [0, 0.1) is 5.82 Å². The SMILES string of the molecule is COc1c(C(=O)NC2(C(=O)N3CCC3)CC2)ccc2[nH]nc(/C=C/c3ccc(F)cc3)c12. The minimum absolute atomic E-state index is 0.00313. The Morgan fingerprint density at radius 3 is 2.53 bits per heavy atom. The van der Waals surface area contributed by atoms with Crippen molar-refractivity contribution in [2.24, 2.45) is 0 Å². The van der Waals surface area contributed by atoms with Crippen LogP contribution < -0.4 is 10.1 Å². The summed E-state index contributed by atoms with van der Waals surface area (Å²) in [5, 5.41) is 10.9. The zero-order valence-electron chi connectivity index (χ0n) is 17.7. The van der Waals surface area contributed by atoms with Gasteiger partial charge in [0.1, 0.15) is 17.1 Å². The van der Waals surface area contributed by atoms with Crippen LogP contribution in [-0.4, -0.2) is 52.6 Å². The second kappa shape index (κ2) is 7.78. The topological polar surface area (TPSA) is 87.3 Å². The molecule has 2 heterocycles. The Bertz CT molecular complexity index is 1220. The molecule has 5 rings (SSSR count). The van der Waals surface area contributed by atoms with Crippen LogP contribution in [0.1, 0.15) is 40.9 Å². The average molecular weight is 434 g/mol. The number of benzene rings is 2. The summed E-state index contributed by atoms with van der Waals surface area (Å²) in [7, 11) is 1.50. The number of hydrogen-bond acceptors (Lipinski definition) is 4. The molecule has 1 saturated heterocycles. The molecule has 2 fully saturated rings. The van der Waals surface area contributed by atoms with E-state index in [2.05, 4.69) is 15.5 Å². The quantitative estimate of drug-likeness (QED) is 0.623. The lowest BCUT2D eigenvalue weighted by Gasteiger charge is -2.34. The summed E-state index contributed by atoms with van der Waals surface area (Å²) in [4.78, 5) is 27.7. The summed E-state index contributed by atoms with van der Waals surface area (Å²) in [6, 6.07) is 9.56. The zero-order chi connectivity index (χ0) is 22.3. The number of hydrogen-bond donors (Lipinski definition) is 2. The third-order valence-corrected chi connectivity index (χ3v) is 6.12. The highest BCUT2D eigenvalue weighted by molar-refractivity contribution is 6.07. The first-order valence-electron chi connectivity index (χ1n) is 10.6. The second-order valence-corrected chi connectivity index (χ2v) is 8.24. The third-order valence-electron chi connectivity index (χ3n) is 6.12. The number of carbonyl (C=O) groups is 2. The molecule has 1 saturated carbocycles. The van der Waals surface area contributed by atoms with E-state index < -0.39 is 5.54 Å². The summed E-state index contributed by atoms with van der Waals surface area (Å²) in [6.07, 6.45) is 5.90. The Morgan fingerprint density at radius 1 is 1.16 bits per heavy atom. The fraction of sp³-hybridized carbons (Fsp3) is 0.292. The molecule has 2 aliphatic rings. The molecular weight excluding hydrogens is 411 g/mol. The third kappa shape index (κ3) is 3.51. The predicted octanol–water partition coefficient (Wildman–Crippen LogP) is 3.38. The Labute approximate surface area is 184 Å². The number of fused-ring (bicyclic) bond motifs is 1. The minimum atomic E-state index is -0.792. The fourth-order valence-corrected chi connectivity index (χ4v) is 3.99. The normalized spacial score (nSPS) is 16.8. The van der Waals surface area contributed by atoms with Gasteiger partial charge in [0, 0.05) is 13.1 Å². The summed E-state index contributed by atoms with van der Waals surface area (Å²) < 4.78 is 18.8. The van der Waals surface area contributed by atoms with Gasteiger partial charge in [-0.2, -0.15) is 5.10 Å². The first-order valence-corrected chi connectivity index (χ1v) is 10.6. The molecule has 164 valence electrons. The molecule has 0 bridgehead atoms. The number of aromatic amines is 1. The molecule has 7 nitrogen and oxygen atoms in total. The number of aromatic nitrogens is 2. The highest BCUT2D eigenvalue weighted by atomic mass is 19.1. The summed E-state index contributed by atoms with van der Waals surface area (Å²) >= 11 is 0. The Hall–Kier alpha value is -3.68. The van der Waals surface area contributed by atoms with Crippen molar-refractivity contribution in [1.82, 2.24) is 20.4 Å². The summed E-state index contributed by atoms with van der Waals surface area (Å²) in [5.74, 6) is -0.251. The van der Waals surface area contributed by atoms with Gasteiger partial charge in [0.2, 0.25) is 5.91 Å². The molecule has 0 atom stereocenters. The van der Waals surface area contributed by atoms with Crippen molar-refractivity contribution in [2.45, 2.75) is 24.8 Å². The standard InChI is InChI=1S/C24H23FN4O3/c1-32-21-17(22(30)26-24(11-12-24)23(31)29-13-2-14-29)8-10-19-20(21)18(27-28-19)9-5-15-3-6-16(25)7-4-15/h3-10H,2,11-14H2,1H3,(H,26,30)(H,27,28)/b9-5+. The molecule has 0 spiro atoms. The van der Waals surface area contributed by atoms with E-state index in [1.807, 2.05) is 6.08 Å². The molecule has 3 aromatic rings. The zero-order valence-corrected chi connectivity index (χ0v) is 17.7. The van der Waals surface area contributed by atoms with Crippen LogP contribution in [0.5, 0.6) is 5.75 Å². The molecule has 1 aliphatic heterocycles. The lowest BCUT2D eigenvalue weighted by Crippen LogP contribution is -2.54. The Kier molecular flexibility index (Phi) is 4.92. The highest BCUT2D eigenvalue weighted by Gasteiger charge is 2.53. The van der Waals surface area contributed by atoms with E-state index in [1.54, 1.807) is 35.2 Å². The minimum Gasteiger partial charge on any atom is -0.495 e.